The van der Waals surface area contributed by atoms with Gasteiger partial charge in [0.05, 0.1) is 11.2 Å². The molecule has 0 atom stereocenters. The van der Waals surface area contributed by atoms with E-state index in [1.54, 1.807) is 10.4 Å². The summed E-state index contributed by atoms with van der Waals surface area (Å²) in [6.07, 6.45) is 4.51. The number of pyridine rings is 1. The van der Waals surface area contributed by atoms with Gasteiger partial charge in [-0.05, 0) is 25.0 Å². The van der Waals surface area contributed by atoms with Gasteiger partial charge >= 0.3 is 0 Å². The Balaban J connectivity index is 0.00000196. The molecule has 6 nitrogen and oxygen atoms in total. The number of para-hydroxylation sites is 1. The highest BCUT2D eigenvalue weighted by atomic mass is 35.5. The van der Waals surface area contributed by atoms with Gasteiger partial charge in [-0.15, -0.1) is 12.4 Å². The van der Waals surface area contributed by atoms with Crippen molar-refractivity contribution in [1.82, 2.24) is 14.6 Å². The van der Waals surface area contributed by atoms with Crippen LogP contribution in [0.25, 0.3) is 10.9 Å². The van der Waals surface area contributed by atoms with Gasteiger partial charge < -0.3 is 10.2 Å². The molecule has 1 N–H and O–H groups in total. The van der Waals surface area contributed by atoms with Crippen LogP contribution in [0.15, 0.2) is 35.4 Å². The molecule has 26 heavy (non-hydrogen) atoms. The molecule has 8 heteroatoms. The highest BCUT2D eigenvalue weighted by Gasteiger charge is 2.26. The summed E-state index contributed by atoms with van der Waals surface area (Å²) >= 11 is 0. The summed E-state index contributed by atoms with van der Waals surface area (Å²) in [4.78, 5) is 7.16. The predicted molar refractivity (Wildman–Crippen MR) is 107 cm³/mol. The summed E-state index contributed by atoms with van der Waals surface area (Å²) in [6, 6.07) is 7.78. The van der Waals surface area contributed by atoms with Crippen LogP contribution in [0.5, 0.6) is 0 Å². The Morgan fingerprint density at radius 1 is 1.00 bits per heavy atom. The van der Waals surface area contributed by atoms with Crippen molar-refractivity contribution in [1.29, 1.82) is 0 Å². The molecule has 1 aromatic carbocycles. The van der Waals surface area contributed by atoms with Gasteiger partial charge in [0.1, 0.15) is 4.90 Å². The van der Waals surface area contributed by atoms with E-state index in [-0.39, 0.29) is 12.4 Å². The number of hydrogen-bond donors (Lipinski definition) is 1. The lowest BCUT2D eigenvalue weighted by Gasteiger charge is -2.30. The first kappa shape index (κ1) is 19.4. The zero-order chi connectivity index (χ0) is 17.3. The molecular formula is C18H25ClN4O2S. The second kappa shape index (κ2) is 8.08. The standard InChI is InChI=1S/C18H24N4O2S.ClH/c23-25(24,22-9-2-1-3-10-22)16-13-15-5-4-6-17(18(15)20-14-16)21-11-7-19-8-12-21;/h4-6,13-14,19H,1-3,7-12H2;1H. The number of benzene rings is 1. The molecule has 0 aliphatic carbocycles. The Morgan fingerprint density at radius 3 is 2.46 bits per heavy atom. The minimum absolute atomic E-state index is 0. The van der Waals surface area contributed by atoms with Gasteiger partial charge in [-0.3, -0.25) is 4.98 Å². The normalized spacial score (nSPS) is 19.3. The molecular weight excluding hydrogens is 372 g/mol. The summed E-state index contributed by atoms with van der Waals surface area (Å²) in [5.74, 6) is 0. The lowest BCUT2D eigenvalue weighted by molar-refractivity contribution is 0.346. The molecule has 142 valence electrons. The highest BCUT2D eigenvalue weighted by molar-refractivity contribution is 7.89. The number of piperazine rings is 1. The second-order valence-electron chi connectivity index (χ2n) is 6.72. The third kappa shape index (κ3) is 3.67. The lowest BCUT2D eigenvalue weighted by Crippen LogP contribution is -2.43. The molecule has 2 aromatic rings. The molecule has 0 bridgehead atoms. The summed E-state index contributed by atoms with van der Waals surface area (Å²) in [6.45, 7) is 5.02. The Bertz CT molecular complexity index is 863. The second-order valence-corrected chi connectivity index (χ2v) is 8.66. The van der Waals surface area contributed by atoms with Crippen molar-refractivity contribution < 1.29 is 8.42 Å². The van der Waals surface area contributed by atoms with Gasteiger partial charge in [-0.25, -0.2) is 8.42 Å². The third-order valence-corrected chi connectivity index (χ3v) is 6.94. The highest BCUT2D eigenvalue weighted by Crippen LogP contribution is 2.28. The van der Waals surface area contributed by atoms with Crippen molar-refractivity contribution in [3.63, 3.8) is 0 Å². The van der Waals surface area contributed by atoms with Crippen molar-refractivity contribution in [2.24, 2.45) is 0 Å². The molecule has 0 unspecified atom stereocenters. The molecule has 2 aliphatic rings. The zero-order valence-electron chi connectivity index (χ0n) is 14.7. The van der Waals surface area contributed by atoms with Gasteiger partial charge in [0, 0.05) is 50.9 Å². The van der Waals surface area contributed by atoms with E-state index in [2.05, 4.69) is 21.3 Å². The summed E-state index contributed by atoms with van der Waals surface area (Å²) in [7, 11) is -3.44. The molecule has 0 radical (unpaired) electrons. The Hall–Kier alpha value is -1.41. The minimum atomic E-state index is -3.44. The van der Waals surface area contributed by atoms with Crippen LogP contribution in [0.2, 0.25) is 0 Å². The number of piperidine rings is 1. The maximum atomic E-state index is 12.9. The number of nitrogens with zero attached hydrogens (tertiary/aromatic N) is 3. The topological polar surface area (TPSA) is 65.5 Å². The smallest absolute Gasteiger partial charge is 0.244 e. The first-order valence-electron chi connectivity index (χ1n) is 9.01. The van der Waals surface area contributed by atoms with Crippen LogP contribution in [0, 0.1) is 0 Å². The van der Waals surface area contributed by atoms with Crippen LogP contribution in [-0.2, 0) is 10.0 Å². The number of hydrogen-bond acceptors (Lipinski definition) is 5. The molecule has 2 aliphatic heterocycles. The van der Waals surface area contributed by atoms with Crippen LogP contribution < -0.4 is 10.2 Å². The molecule has 0 spiro atoms. The molecule has 2 fully saturated rings. The van der Waals surface area contributed by atoms with Gasteiger partial charge in [0.25, 0.3) is 0 Å². The number of halogens is 1. The van der Waals surface area contributed by atoms with Gasteiger partial charge in [-0.2, -0.15) is 4.31 Å². The number of aromatic nitrogens is 1. The first-order chi connectivity index (χ1) is 12.2. The summed E-state index contributed by atoms with van der Waals surface area (Å²) in [5.41, 5.74) is 1.96. The van der Waals surface area contributed by atoms with Crippen molar-refractivity contribution in [2.75, 3.05) is 44.2 Å². The molecule has 2 saturated heterocycles. The van der Waals surface area contributed by atoms with Gasteiger partial charge in [0.15, 0.2) is 0 Å². The van der Waals surface area contributed by atoms with E-state index < -0.39 is 10.0 Å². The molecule has 3 heterocycles. The lowest BCUT2D eigenvalue weighted by atomic mass is 10.1. The molecule has 0 amide bonds. The number of rotatable bonds is 3. The molecule has 0 saturated carbocycles. The Morgan fingerprint density at radius 2 is 1.73 bits per heavy atom. The van der Waals surface area contributed by atoms with Crippen LogP contribution in [0.3, 0.4) is 0 Å². The molecule has 4 rings (SSSR count). The Kier molecular flexibility index (Phi) is 6.02. The number of fused-ring (bicyclic) bond motifs is 1. The summed E-state index contributed by atoms with van der Waals surface area (Å²) in [5, 5.41) is 4.23. The number of sulfonamides is 1. The van der Waals surface area contributed by atoms with Crippen molar-refractivity contribution in [3.8, 4) is 0 Å². The fraction of sp³-hybridized carbons (Fsp3) is 0.500. The summed E-state index contributed by atoms with van der Waals surface area (Å²) < 4.78 is 27.4. The number of nitrogens with one attached hydrogen (secondary N) is 1. The van der Waals surface area contributed by atoms with Gasteiger partial charge in [0.2, 0.25) is 10.0 Å². The van der Waals surface area contributed by atoms with Crippen LogP contribution in [-0.4, -0.2) is 57.0 Å². The maximum absolute atomic E-state index is 12.9. The van der Waals surface area contributed by atoms with E-state index in [1.807, 2.05) is 12.1 Å². The average Bonchev–Trinajstić information content (AvgIpc) is 2.68. The van der Waals surface area contributed by atoms with Crippen LogP contribution in [0.1, 0.15) is 19.3 Å². The zero-order valence-corrected chi connectivity index (χ0v) is 16.4. The average molecular weight is 397 g/mol. The van der Waals surface area contributed by atoms with E-state index >= 15 is 0 Å². The van der Waals surface area contributed by atoms with Crippen molar-refractivity contribution in [3.05, 3.63) is 30.5 Å². The Labute approximate surface area is 161 Å². The fourth-order valence-electron chi connectivity index (χ4n) is 3.68. The fourth-order valence-corrected chi connectivity index (χ4v) is 5.18. The van der Waals surface area contributed by atoms with E-state index in [1.165, 1.54) is 6.20 Å². The van der Waals surface area contributed by atoms with E-state index in [9.17, 15) is 8.42 Å². The number of anilines is 1. The maximum Gasteiger partial charge on any atom is 0.244 e. The van der Waals surface area contributed by atoms with Crippen molar-refractivity contribution >= 4 is 39.0 Å². The van der Waals surface area contributed by atoms with Crippen LogP contribution in [0.4, 0.5) is 5.69 Å². The quantitative estimate of drug-likeness (QED) is 0.861. The van der Waals surface area contributed by atoms with E-state index in [4.69, 9.17) is 0 Å². The largest absolute Gasteiger partial charge is 0.367 e. The first-order valence-corrected chi connectivity index (χ1v) is 10.4. The minimum Gasteiger partial charge on any atom is -0.367 e. The molecule has 1 aromatic heterocycles. The predicted octanol–water partition coefficient (Wildman–Crippen LogP) is 2.24. The SMILES string of the molecule is Cl.O=S(=O)(c1cnc2c(N3CCNCC3)cccc2c1)N1CCCCC1. The van der Waals surface area contributed by atoms with Crippen LogP contribution >= 0.6 is 12.4 Å². The van der Waals surface area contributed by atoms with E-state index in [0.29, 0.717) is 18.0 Å². The van der Waals surface area contributed by atoms with Crippen molar-refractivity contribution in [2.45, 2.75) is 24.2 Å². The van der Waals surface area contributed by atoms with Gasteiger partial charge in [-0.1, -0.05) is 18.6 Å². The van der Waals surface area contributed by atoms with E-state index in [0.717, 1.165) is 62.0 Å². The third-order valence-electron chi connectivity index (χ3n) is 5.08. The monoisotopic (exact) mass is 396 g/mol.